The molecule has 1 heterocycles. The number of halogens is 3. The van der Waals surface area contributed by atoms with E-state index in [0.29, 0.717) is 25.5 Å². The average molecular weight is 344 g/mol. The van der Waals surface area contributed by atoms with Crippen LogP contribution < -0.4 is 0 Å². The van der Waals surface area contributed by atoms with Gasteiger partial charge in [0, 0.05) is 5.02 Å². The van der Waals surface area contributed by atoms with Gasteiger partial charge in [0.25, 0.3) is 0 Å². The fourth-order valence-corrected chi connectivity index (χ4v) is 3.17. The molecule has 1 aromatic heterocycles. The second kappa shape index (κ2) is 5.08. The van der Waals surface area contributed by atoms with E-state index >= 15 is 0 Å². The van der Waals surface area contributed by atoms with Gasteiger partial charge in [0.1, 0.15) is 0 Å². The van der Waals surface area contributed by atoms with Gasteiger partial charge in [0.2, 0.25) is 0 Å². The third kappa shape index (κ3) is 2.15. The molecule has 0 atom stereocenters. The molecular formula is C14H9Cl3N2S. The van der Waals surface area contributed by atoms with Crippen LogP contribution in [0.3, 0.4) is 0 Å². The van der Waals surface area contributed by atoms with Gasteiger partial charge in [-0.25, -0.2) is 0 Å². The molecule has 3 aromatic rings. The van der Waals surface area contributed by atoms with Crippen LogP contribution in [0.5, 0.6) is 0 Å². The Kier molecular flexibility index (Phi) is 3.55. The number of H-pyrrole nitrogens is 1. The van der Waals surface area contributed by atoms with Gasteiger partial charge in [-0.05, 0) is 49.0 Å². The lowest BCUT2D eigenvalue weighted by Gasteiger charge is -2.10. The molecule has 0 aliphatic heterocycles. The van der Waals surface area contributed by atoms with Gasteiger partial charge in [-0.1, -0.05) is 40.9 Å². The molecule has 6 heteroatoms. The Hall–Kier alpha value is -1.000. The van der Waals surface area contributed by atoms with Gasteiger partial charge in [-0.3, -0.25) is 4.57 Å². The minimum atomic E-state index is 0.523. The van der Waals surface area contributed by atoms with E-state index in [0.717, 1.165) is 16.6 Å². The third-order valence-electron chi connectivity index (χ3n) is 3.12. The van der Waals surface area contributed by atoms with Crippen LogP contribution >= 0.6 is 47.0 Å². The minimum absolute atomic E-state index is 0.523. The molecule has 0 saturated carbocycles. The SMILES string of the molecule is Cc1cc(Cl)c(-n2c(=S)[nH]c3cccc(Cl)c32)cc1Cl. The Bertz CT molecular complexity index is 880. The van der Waals surface area contributed by atoms with Gasteiger partial charge in [-0.2, -0.15) is 0 Å². The zero-order valence-electron chi connectivity index (χ0n) is 10.4. The maximum absolute atomic E-state index is 6.33. The Morgan fingerprint density at radius 3 is 2.55 bits per heavy atom. The van der Waals surface area contributed by atoms with Gasteiger partial charge in [-0.15, -0.1) is 0 Å². The van der Waals surface area contributed by atoms with Crippen LogP contribution in [0.1, 0.15) is 5.56 Å². The van der Waals surface area contributed by atoms with Crippen molar-refractivity contribution >= 4 is 58.1 Å². The summed E-state index contributed by atoms with van der Waals surface area (Å²) < 4.78 is 2.33. The van der Waals surface area contributed by atoms with Gasteiger partial charge < -0.3 is 4.98 Å². The Balaban J connectivity index is 2.44. The van der Waals surface area contributed by atoms with E-state index in [1.165, 1.54) is 0 Å². The van der Waals surface area contributed by atoms with Crippen molar-refractivity contribution in [2.24, 2.45) is 0 Å². The van der Waals surface area contributed by atoms with E-state index in [-0.39, 0.29) is 0 Å². The van der Waals surface area contributed by atoms with E-state index < -0.39 is 0 Å². The Morgan fingerprint density at radius 2 is 1.80 bits per heavy atom. The largest absolute Gasteiger partial charge is 0.330 e. The molecule has 1 N–H and O–H groups in total. The number of aromatic amines is 1. The molecule has 2 nitrogen and oxygen atoms in total. The predicted octanol–water partition coefficient (Wildman–Crippen LogP) is 5.96. The molecule has 0 unspecified atom stereocenters. The molecule has 0 bridgehead atoms. The lowest BCUT2D eigenvalue weighted by Crippen LogP contribution is -1.96. The number of aromatic nitrogens is 2. The number of hydrogen-bond acceptors (Lipinski definition) is 1. The van der Waals surface area contributed by atoms with Crippen LogP contribution in [0.15, 0.2) is 30.3 Å². The van der Waals surface area contributed by atoms with Crippen molar-refractivity contribution in [2.75, 3.05) is 0 Å². The fourth-order valence-electron chi connectivity index (χ4n) is 2.15. The zero-order valence-corrected chi connectivity index (χ0v) is 13.5. The van der Waals surface area contributed by atoms with Gasteiger partial charge in [0.15, 0.2) is 4.77 Å². The van der Waals surface area contributed by atoms with Crippen molar-refractivity contribution in [3.8, 4) is 5.69 Å². The number of rotatable bonds is 1. The quantitative estimate of drug-likeness (QED) is 0.541. The normalized spacial score (nSPS) is 11.2. The molecule has 0 saturated heterocycles. The van der Waals surface area contributed by atoms with E-state index in [2.05, 4.69) is 4.98 Å². The van der Waals surface area contributed by atoms with Gasteiger partial charge in [0.05, 0.1) is 26.8 Å². The maximum atomic E-state index is 6.33. The van der Waals surface area contributed by atoms with Crippen LogP contribution in [-0.4, -0.2) is 9.55 Å². The molecule has 2 aromatic carbocycles. The molecule has 102 valence electrons. The first-order valence-corrected chi connectivity index (χ1v) is 7.38. The molecule has 0 amide bonds. The number of para-hydroxylation sites is 1. The highest BCUT2D eigenvalue weighted by Crippen LogP contribution is 2.32. The first kappa shape index (κ1) is 14.0. The molecule has 0 fully saturated rings. The standard InChI is InChI=1S/C14H9Cl3N2S/c1-7-5-10(17)12(6-9(7)16)19-13-8(15)3-2-4-11(13)18-14(19)20/h2-6H,1H3,(H,18,20). The second-order valence-electron chi connectivity index (χ2n) is 4.45. The number of benzene rings is 2. The number of imidazole rings is 1. The summed E-state index contributed by atoms with van der Waals surface area (Å²) in [6.45, 7) is 1.90. The summed E-state index contributed by atoms with van der Waals surface area (Å²) in [5.41, 5.74) is 3.28. The van der Waals surface area contributed by atoms with Crippen LogP contribution in [0, 0.1) is 11.7 Å². The average Bonchev–Trinajstić information content (AvgIpc) is 2.71. The number of fused-ring (bicyclic) bond motifs is 1. The van der Waals surface area contributed by atoms with Crippen LogP contribution in [-0.2, 0) is 0 Å². The summed E-state index contributed by atoms with van der Waals surface area (Å²) in [4.78, 5) is 3.12. The molecule has 20 heavy (non-hydrogen) atoms. The number of hydrogen-bond donors (Lipinski definition) is 1. The summed E-state index contributed by atoms with van der Waals surface area (Å²) in [7, 11) is 0. The lowest BCUT2D eigenvalue weighted by atomic mass is 10.2. The van der Waals surface area contributed by atoms with Crippen molar-refractivity contribution in [3.05, 3.63) is 55.7 Å². The molecule has 0 spiro atoms. The van der Waals surface area contributed by atoms with Crippen molar-refractivity contribution in [2.45, 2.75) is 6.92 Å². The summed E-state index contributed by atoms with van der Waals surface area (Å²) >= 11 is 24.2. The molecular weight excluding hydrogens is 335 g/mol. The van der Waals surface area contributed by atoms with Crippen molar-refractivity contribution in [3.63, 3.8) is 0 Å². The molecule has 3 rings (SSSR count). The molecule has 0 aliphatic rings. The van der Waals surface area contributed by atoms with E-state index in [1.54, 1.807) is 10.6 Å². The summed E-state index contributed by atoms with van der Waals surface area (Å²) in [6, 6.07) is 9.20. The van der Waals surface area contributed by atoms with E-state index in [4.69, 9.17) is 47.0 Å². The smallest absolute Gasteiger partial charge is 0.182 e. The van der Waals surface area contributed by atoms with Crippen LogP contribution in [0.25, 0.3) is 16.7 Å². The summed E-state index contributed by atoms with van der Waals surface area (Å²) in [5, 5.41) is 1.80. The summed E-state index contributed by atoms with van der Waals surface area (Å²) in [5.74, 6) is 0. The fraction of sp³-hybridized carbons (Fsp3) is 0.0714. The monoisotopic (exact) mass is 342 g/mol. The molecule has 0 aliphatic carbocycles. The van der Waals surface area contributed by atoms with E-state index in [9.17, 15) is 0 Å². The molecule has 0 radical (unpaired) electrons. The summed E-state index contributed by atoms with van der Waals surface area (Å²) in [6.07, 6.45) is 0. The minimum Gasteiger partial charge on any atom is -0.330 e. The Morgan fingerprint density at radius 1 is 1.05 bits per heavy atom. The zero-order chi connectivity index (χ0) is 14.4. The number of aryl methyl sites for hydroxylation is 1. The van der Waals surface area contributed by atoms with Crippen LogP contribution in [0.4, 0.5) is 0 Å². The predicted molar refractivity (Wildman–Crippen MR) is 88.2 cm³/mol. The third-order valence-corrected chi connectivity index (χ3v) is 4.42. The van der Waals surface area contributed by atoms with Gasteiger partial charge >= 0.3 is 0 Å². The Labute approximate surface area is 135 Å². The van der Waals surface area contributed by atoms with Crippen molar-refractivity contribution in [1.29, 1.82) is 0 Å². The highest BCUT2D eigenvalue weighted by molar-refractivity contribution is 7.71. The maximum Gasteiger partial charge on any atom is 0.182 e. The van der Waals surface area contributed by atoms with Crippen molar-refractivity contribution < 1.29 is 0 Å². The highest BCUT2D eigenvalue weighted by Gasteiger charge is 2.13. The number of nitrogens with zero attached hydrogens (tertiary/aromatic N) is 1. The first-order valence-electron chi connectivity index (χ1n) is 5.84. The van der Waals surface area contributed by atoms with E-state index in [1.807, 2.05) is 31.2 Å². The number of nitrogens with one attached hydrogen (secondary N) is 1. The highest BCUT2D eigenvalue weighted by atomic mass is 35.5. The van der Waals surface area contributed by atoms with Crippen LogP contribution in [0.2, 0.25) is 15.1 Å². The van der Waals surface area contributed by atoms with Crippen molar-refractivity contribution in [1.82, 2.24) is 9.55 Å². The topological polar surface area (TPSA) is 20.7 Å². The second-order valence-corrected chi connectivity index (χ2v) is 6.06. The first-order chi connectivity index (χ1) is 9.49. The lowest BCUT2D eigenvalue weighted by molar-refractivity contribution is 1.06.